The van der Waals surface area contributed by atoms with Crippen LogP contribution in [0.5, 0.6) is 0 Å². The summed E-state index contributed by atoms with van der Waals surface area (Å²) in [7, 11) is 1.55. The van der Waals surface area contributed by atoms with Crippen LogP contribution in [0.3, 0.4) is 0 Å². The molecule has 3 heteroatoms. The molecule has 1 aromatic carbocycles. The zero-order valence-corrected chi connectivity index (χ0v) is 14.3. The molecule has 0 aliphatic rings. The quantitative estimate of drug-likeness (QED) is 0.485. The Balaban J connectivity index is 0.00000191. The van der Waals surface area contributed by atoms with Crippen molar-refractivity contribution in [2.24, 2.45) is 16.8 Å². The van der Waals surface area contributed by atoms with Crippen molar-refractivity contribution in [3.63, 3.8) is 0 Å². The van der Waals surface area contributed by atoms with Crippen molar-refractivity contribution in [3.05, 3.63) is 47.5 Å². The van der Waals surface area contributed by atoms with Gasteiger partial charge in [-0.15, -0.1) is 0 Å². The molecule has 0 fully saturated rings. The molecule has 0 bridgehead atoms. The molecule has 21 heavy (non-hydrogen) atoms. The Bertz CT molecular complexity index is 447. The van der Waals surface area contributed by atoms with E-state index in [0.717, 1.165) is 23.3 Å². The molecule has 0 heterocycles. The van der Waals surface area contributed by atoms with Crippen LogP contribution in [0.1, 0.15) is 45.7 Å². The Hall–Kier alpha value is -1.61. The predicted octanol–water partition coefficient (Wildman–Crippen LogP) is 4.17. The smallest absolute Gasteiger partial charge is 0.106 e. The lowest BCUT2D eigenvalue weighted by Gasteiger charge is -2.18. The highest BCUT2D eigenvalue weighted by Crippen LogP contribution is 2.15. The number of hydrogen-bond acceptors (Lipinski definition) is 3. The van der Waals surface area contributed by atoms with E-state index in [1.54, 1.807) is 7.11 Å². The van der Waals surface area contributed by atoms with Crippen LogP contribution >= 0.6 is 0 Å². The number of rotatable bonds is 6. The van der Waals surface area contributed by atoms with E-state index in [0.29, 0.717) is 5.92 Å². The fraction of sp³-hybridized carbons (Fsp3) is 0.500. The van der Waals surface area contributed by atoms with Gasteiger partial charge in [0, 0.05) is 6.04 Å². The van der Waals surface area contributed by atoms with Crippen molar-refractivity contribution in [2.45, 2.75) is 47.1 Å². The molecule has 0 saturated heterocycles. The van der Waals surface area contributed by atoms with Gasteiger partial charge in [0.15, 0.2) is 0 Å². The summed E-state index contributed by atoms with van der Waals surface area (Å²) in [6, 6.07) is 8.25. The van der Waals surface area contributed by atoms with Crippen LogP contribution in [0.15, 0.2) is 41.6 Å². The highest BCUT2D eigenvalue weighted by Gasteiger charge is 2.11. The van der Waals surface area contributed by atoms with Crippen molar-refractivity contribution >= 4 is 5.71 Å². The van der Waals surface area contributed by atoms with Gasteiger partial charge in [0.1, 0.15) is 7.11 Å². The predicted molar refractivity (Wildman–Crippen MR) is 92.7 cm³/mol. The Labute approximate surface area is 129 Å². The molecule has 0 aliphatic heterocycles. The third kappa shape index (κ3) is 6.58. The minimum absolute atomic E-state index is 0.0135. The van der Waals surface area contributed by atoms with Crippen molar-refractivity contribution in [2.75, 3.05) is 7.11 Å². The van der Waals surface area contributed by atoms with E-state index >= 15 is 0 Å². The fourth-order valence-electron chi connectivity index (χ4n) is 1.88. The van der Waals surface area contributed by atoms with E-state index in [-0.39, 0.29) is 6.04 Å². The number of benzene rings is 1. The van der Waals surface area contributed by atoms with Crippen LogP contribution in [0.2, 0.25) is 0 Å². The van der Waals surface area contributed by atoms with Gasteiger partial charge in [-0.25, -0.2) is 0 Å². The molecule has 0 aliphatic carbocycles. The molecule has 1 unspecified atom stereocenters. The highest BCUT2D eigenvalue weighted by molar-refractivity contribution is 5.98. The normalized spacial score (nSPS) is 12.5. The lowest BCUT2D eigenvalue weighted by atomic mass is 9.93. The van der Waals surface area contributed by atoms with Crippen molar-refractivity contribution in [3.8, 4) is 0 Å². The van der Waals surface area contributed by atoms with Crippen LogP contribution in [-0.2, 0) is 11.3 Å². The van der Waals surface area contributed by atoms with Crippen LogP contribution in [0, 0.1) is 5.92 Å². The van der Waals surface area contributed by atoms with Gasteiger partial charge in [0.05, 0.1) is 5.71 Å². The Morgan fingerprint density at radius 3 is 2.19 bits per heavy atom. The zero-order chi connectivity index (χ0) is 16.4. The molecule has 1 atom stereocenters. The average molecular weight is 290 g/mol. The number of oxime groups is 1. The maximum absolute atomic E-state index is 6.15. The van der Waals surface area contributed by atoms with Crippen molar-refractivity contribution < 1.29 is 4.84 Å². The van der Waals surface area contributed by atoms with E-state index < -0.39 is 0 Å². The van der Waals surface area contributed by atoms with E-state index in [9.17, 15) is 0 Å². The summed E-state index contributed by atoms with van der Waals surface area (Å²) in [5.41, 5.74) is 10.4. The Morgan fingerprint density at radius 2 is 1.76 bits per heavy atom. The van der Waals surface area contributed by atoms with E-state index in [1.165, 1.54) is 5.56 Å². The topological polar surface area (TPSA) is 47.6 Å². The lowest BCUT2D eigenvalue weighted by Crippen LogP contribution is -2.27. The molecule has 1 aromatic rings. The van der Waals surface area contributed by atoms with Gasteiger partial charge < -0.3 is 10.6 Å². The molecular formula is C18H30N2O. The molecule has 0 saturated carbocycles. The van der Waals surface area contributed by atoms with E-state index in [2.05, 4.69) is 37.7 Å². The van der Waals surface area contributed by atoms with E-state index in [4.69, 9.17) is 10.6 Å². The average Bonchev–Trinajstić information content (AvgIpc) is 2.49. The van der Waals surface area contributed by atoms with Crippen LogP contribution in [-0.4, -0.2) is 18.9 Å². The highest BCUT2D eigenvalue weighted by atomic mass is 16.6. The number of hydrogen-bond donors (Lipinski definition) is 1. The Morgan fingerprint density at radius 1 is 1.24 bits per heavy atom. The fourth-order valence-corrected chi connectivity index (χ4v) is 1.88. The number of nitrogens with two attached hydrogens (primary N) is 1. The van der Waals surface area contributed by atoms with Crippen LogP contribution in [0.4, 0.5) is 0 Å². The standard InChI is InChI=1S/C16H24N2O.C2H6/c1-11(2)12(3)16(17)10-14-6-8-15(9-7-14)13(4)18-19-5;1-2/h6-9,11,16H,3,10,17H2,1-2,4-5H3;1-2H3/b18-13-;. The second kappa shape index (κ2) is 10.2. The first-order valence-corrected chi connectivity index (χ1v) is 7.57. The first-order valence-electron chi connectivity index (χ1n) is 7.57. The maximum atomic E-state index is 6.15. The van der Waals surface area contributed by atoms with Gasteiger partial charge in [-0.3, -0.25) is 0 Å². The number of nitrogens with zero attached hydrogens (tertiary/aromatic N) is 1. The maximum Gasteiger partial charge on any atom is 0.106 e. The van der Waals surface area contributed by atoms with Crippen LogP contribution in [0.25, 0.3) is 0 Å². The van der Waals surface area contributed by atoms with Crippen molar-refractivity contribution in [1.29, 1.82) is 0 Å². The monoisotopic (exact) mass is 290 g/mol. The van der Waals surface area contributed by atoms with Gasteiger partial charge in [0.2, 0.25) is 0 Å². The largest absolute Gasteiger partial charge is 0.399 e. The molecule has 1 rings (SSSR count). The summed E-state index contributed by atoms with van der Waals surface area (Å²) in [6.45, 7) is 14.2. The second-order valence-electron chi connectivity index (χ2n) is 5.10. The molecule has 0 amide bonds. The molecular weight excluding hydrogens is 260 g/mol. The first-order chi connectivity index (χ1) is 9.95. The Kier molecular flexibility index (Phi) is 9.39. The van der Waals surface area contributed by atoms with Crippen LogP contribution < -0.4 is 5.73 Å². The molecule has 0 aromatic heterocycles. The summed E-state index contributed by atoms with van der Waals surface area (Å²) >= 11 is 0. The first kappa shape index (κ1) is 19.4. The van der Waals surface area contributed by atoms with Gasteiger partial charge in [-0.1, -0.05) is 69.3 Å². The third-order valence-electron chi connectivity index (χ3n) is 3.27. The van der Waals surface area contributed by atoms with Gasteiger partial charge in [-0.05, 0) is 30.4 Å². The minimum Gasteiger partial charge on any atom is -0.399 e. The SMILES string of the molecule is C=C(C(C)C)C(N)Cc1ccc(/C(C)=N\OC)cc1.CC. The third-order valence-corrected chi connectivity index (χ3v) is 3.27. The lowest BCUT2D eigenvalue weighted by molar-refractivity contribution is 0.213. The summed E-state index contributed by atoms with van der Waals surface area (Å²) in [5, 5.41) is 3.91. The zero-order valence-electron chi connectivity index (χ0n) is 14.3. The molecule has 2 N–H and O–H groups in total. The molecule has 118 valence electrons. The minimum atomic E-state index is 0.0135. The molecule has 3 nitrogen and oxygen atoms in total. The molecule has 0 radical (unpaired) electrons. The van der Waals surface area contributed by atoms with Crippen molar-refractivity contribution in [1.82, 2.24) is 0 Å². The summed E-state index contributed by atoms with van der Waals surface area (Å²) < 4.78 is 0. The van der Waals surface area contributed by atoms with Gasteiger partial charge >= 0.3 is 0 Å². The van der Waals surface area contributed by atoms with Gasteiger partial charge in [0.25, 0.3) is 0 Å². The van der Waals surface area contributed by atoms with E-state index in [1.807, 2.05) is 32.9 Å². The summed E-state index contributed by atoms with van der Waals surface area (Å²) in [4.78, 5) is 4.77. The van der Waals surface area contributed by atoms with Gasteiger partial charge in [-0.2, -0.15) is 0 Å². The summed E-state index contributed by atoms with van der Waals surface area (Å²) in [6.07, 6.45) is 0.817. The second-order valence-corrected chi connectivity index (χ2v) is 5.10. The summed E-state index contributed by atoms with van der Waals surface area (Å²) in [5.74, 6) is 0.422. The molecule has 0 spiro atoms.